The summed E-state index contributed by atoms with van der Waals surface area (Å²) in [7, 11) is 0. The lowest BCUT2D eigenvalue weighted by Gasteiger charge is -2.24. The van der Waals surface area contributed by atoms with Gasteiger partial charge in [0.05, 0.1) is 6.61 Å². The number of amides is 3. The molecule has 0 bridgehead atoms. The Labute approximate surface area is 229 Å². The van der Waals surface area contributed by atoms with Crippen molar-refractivity contribution in [1.29, 1.82) is 0 Å². The lowest BCUT2D eigenvalue weighted by Crippen LogP contribution is -2.53. The third kappa shape index (κ3) is 10.0. The quantitative estimate of drug-likeness (QED) is 0.265. The zero-order valence-corrected chi connectivity index (χ0v) is 23.1. The van der Waals surface area contributed by atoms with Crippen LogP contribution in [0.5, 0.6) is 0 Å². The summed E-state index contributed by atoms with van der Waals surface area (Å²) in [5.74, 6) is -2.42. The molecule has 0 aliphatic heterocycles. The maximum absolute atomic E-state index is 13.9. The number of anilines is 1. The molecule has 39 heavy (non-hydrogen) atoms. The van der Waals surface area contributed by atoms with Crippen LogP contribution in [0.25, 0.3) is 0 Å². The molecule has 4 N–H and O–H groups in total. The molecule has 1 aromatic carbocycles. The van der Waals surface area contributed by atoms with Gasteiger partial charge in [-0.2, -0.15) is 0 Å². The average molecular weight is 546 g/mol. The molecule has 0 spiro atoms. The Morgan fingerprint density at radius 1 is 1.00 bits per heavy atom. The number of hydrogen-bond donors (Lipinski definition) is 4. The van der Waals surface area contributed by atoms with E-state index in [1.165, 1.54) is 31.2 Å². The van der Waals surface area contributed by atoms with Crippen LogP contribution in [-0.4, -0.2) is 46.5 Å². The maximum atomic E-state index is 13.9. The molecule has 214 valence electrons. The molecule has 1 aliphatic carbocycles. The van der Waals surface area contributed by atoms with Crippen molar-refractivity contribution in [3.05, 3.63) is 41.7 Å². The fourth-order valence-electron chi connectivity index (χ4n) is 4.45. The minimum absolute atomic E-state index is 0.00289. The smallest absolute Gasteiger partial charge is 0.246 e. The predicted molar refractivity (Wildman–Crippen MR) is 145 cm³/mol. The van der Waals surface area contributed by atoms with E-state index >= 15 is 0 Å². The maximum Gasteiger partial charge on any atom is 0.246 e. The highest BCUT2D eigenvalue weighted by Gasteiger charge is 2.29. The number of ketones is 2. The molecule has 3 amide bonds. The van der Waals surface area contributed by atoms with Crippen molar-refractivity contribution in [1.82, 2.24) is 10.6 Å². The van der Waals surface area contributed by atoms with Crippen LogP contribution in [0, 0.1) is 23.6 Å². The van der Waals surface area contributed by atoms with Crippen molar-refractivity contribution in [2.75, 3.05) is 5.32 Å². The number of benzene rings is 1. The molecule has 2 unspecified atom stereocenters. The zero-order valence-electron chi connectivity index (χ0n) is 23.1. The normalized spacial score (nSPS) is 17.5. The third-order valence-corrected chi connectivity index (χ3v) is 6.98. The van der Waals surface area contributed by atoms with Crippen LogP contribution in [0.4, 0.5) is 10.1 Å². The summed E-state index contributed by atoms with van der Waals surface area (Å²) in [6.45, 7) is 6.57. The van der Waals surface area contributed by atoms with Crippen LogP contribution in [-0.2, 0) is 30.6 Å². The minimum atomic E-state index is -0.944. The van der Waals surface area contributed by atoms with E-state index in [9.17, 15) is 28.4 Å². The molecule has 4 atom stereocenters. The van der Waals surface area contributed by atoms with Crippen LogP contribution in [0.3, 0.4) is 0 Å². The predicted octanol–water partition coefficient (Wildman–Crippen LogP) is 3.20. The summed E-state index contributed by atoms with van der Waals surface area (Å²) in [6.07, 6.45) is 6.20. The van der Waals surface area contributed by atoms with Crippen molar-refractivity contribution in [2.24, 2.45) is 17.8 Å². The van der Waals surface area contributed by atoms with Gasteiger partial charge in [0.1, 0.15) is 17.9 Å². The second-order valence-corrected chi connectivity index (χ2v) is 10.6. The Balaban J connectivity index is 1.76. The SMILES string of the molecule is CC(CCCCCC(=O)N[C@H](C(=O)N[C@@H](C)C(=O)Nc1ccc(CO)c(F)c1)C(C)C)C1CC(=O)C=CC1=O. The third-order valence-electron chi connectivity index (χ3n) is 6.98. The van der Waals surface area contributed by atoms with E-state index < -0.39 is 36.3 Å². The van der Waals surface area contributed by atoms with E-state index in [0.29, 0.717) is 6.42 Å². The van der Waals surface area contributed by atoms with E-state index in [0.717, 1.165) is 25.3 Å². The molecular weight excluding hydrogens is 505 g/mol. The number of aliphatic hydroxyl groups excluding tert-OH is 1. The molecule has 10 heteroatoms. The first kappa shape index (κ1) is 31.8. The van der Waals surface area contributed by atoms with Gasteiger partial charge in [0.25, 0.3) is 0 Å². The molecule has 0 fully saturated rings. The van der Waals surface area contributed by atoms with Crippen molar-refractivity contribution in [3.63, 3.8) is 0 Å². The average Bonchev–Trinajstić information content (AvgIpc) is 2.88. The van der Waals surface area contributed by atoms with E-state index in [-0.39, 0.29) is 59.3 Å². The summed E-state index contributed by atoms with van der Waals surface area (Å²) >= 11 is 0. The van der Waals surface area contributed by atoms with Crippen molar-refractivity contribution >= 4 is 35.0 Å². The molecule has 1 aromatic rings. The number of halogens is 1. The Bertz CT molecular complexity index is 1090. The molecule has 0 saturated heterocycles. The van der Waals surface area contributed by atoms with Gasteiger partial charge in [-0.05, 0) is 55.9 Å². The number of unbranched alkanes of at least 4 members (excludes halogenated alkanes) is 2. The van der Waals surface area contributed by atoms with Crippen LogP contribution in [0.1, 0.15) is 71.8 Å². The number of carbonyl (C=O) groups excluding carboxylic acids is 5. The lowest BCUT2D eigenvalue weighted by atomic mass is 9.80. The molecule has 0 aromatic heterocycles. The summed E-state index contributed by atoms with van der Waals surface area (Å²) in [5, 5.41) is 16.9. The number of carbonyl (C=O) groups is 5. The molecule has 0 heterocycles. The molecule has 1 aliphatic rings. The van der Waals surface area contributed by atoms with E-state index in [4.69, 9.17) is 5.11 Å². The second kappa shape index (κ2) is 15.3. The number of hydrogen-bond acceptors (Lipinski definition) is 6. The summed E-state index contributed by atoms with van der Waals surface area (Å²) in [6, 6.07) is 2.12. The van der Waals surface area contributed by atoms with Gasteiger partial charge in [-0.1, -0.05) is 39.7 Å². The zero-order chi connectivity index (χ0) is 29.1. The highest BCUT2D eigenvalue weighted by atomic mass is 19.1. The fraction of sp³-hybridized carbons (Fsp3) is 0.552. The molecule has 9 nitrogen and oxygen atoms in total. The van der Waals surface area contributed by atoms with Crippen molar-refractivity contribution in [3.8, 4) is 0 Å². The van der Waals surface area contributed by atoms with Crippen LogP contribution < -0.4 is 16.0 Å². The highest BCUT2D eigenvalue weighted by Crippen LogP contribution is 2.26. The van der Waals surface area contributed by atoms with Crippen molar-refractivity contribution < 1.29 is 33.5 Å². The Kier molecular flexibility index (Phi) is 12.4. The van der Waals surface area contributed by atoms with Gasteiger partial charge >= 0.3 is 0 Å². The Hall–Kier alpha value is -3.40. The summed E-state index contributed by atoms with van der Waals surface area (Å²) < 4.78 is 13.9. The summed E-state index contributed by atoms with van der Waals surface area (Å²) in [5.41, 5.74) is 0.292. The standard InChI is InChI=1S/C29H40FN3O6/c1-17(2)27(29(39)31-19(4)28(38)32-21-11-10-20(16-34)24(30)14-21)33-26(37)9-7-5-6-8-18(3)23-15-22(35)12-13-25(23)36/h10-14,17-19,23,27,34H,5-9,15-16H2,1-4H3,(H,31,39)(H,32,38)(H,33,37)/t18?,19-,23?,27-/m0/s1. The summed E-state index contributed by atoms with van der Waals surface area (Å²) in [4.78, 5) is 61.5. The first-order chi connectivity index (χ1) is 18.4. The van der Waals surface area contributed by atoms with Crippen LogP contribution in [0.15, 0.2) is 30.4 Å². The van der Waals surface area contributed by atoms with Crippen molar-refractivity contribution in [2.45, 2.75) is 84.9 Å². The van der Waals surface area contributed by atoms with Gasteiger partial charge in [0.15, 0.2) is 11.6 Å². The Morgan fingerprint density at radius 2 is 1.72 bits per heavy atom. The molecule has 0 saturated carbocycles. The number of allylic oxidation sites excluding steroid dienone is 2. The van der Waals surface area contributed by atoms with E-state index in [1.807, 2.05) is 6.92 Å². The number of aliphatic hydroxyl groups is 1. The molecular formula is C29H40FN3O6. The fourth-order valence-corrected chi connectivity index (χ4v) is 4.45. The minimum Gasteiger partial charge on any atom is -0.392 e. The Morgan fingerprint density at radius 3 is 2.36 bits per heavy atom. The second-order valence-electron chi connectivity index (χ2n) is 10.6. The van der Waals surface area contributed by atoms with Gasteiger partial charge in [-0.25, -0.2) is 4.39 Å². The topological polar surface area (TPSA) is 142 Å². The van der Waals surface area contributed by atoms with E-state index in [1.54, 1.807) is 13.8 Å². The van der Waals surface area contributed by atoms with E-state index in [2.05, 4.69) is 16.0 Å². The van der Waals surface area contributed by atoms with Gasteiger partial charge in [-0.15, -0.1) is 0 Å². The van der Waals surface area contributed by atoms with Gasteiger partial charge < -0.3 is 21.1 Å². The first-order valence-electron chi connectivity index (χ1n) is 13.5. The van der Waals surface area contributed by atoms with Crippen LogP contribution in [0.2, 0.25) is 0 Å². The van der Waals surface area contributed by atoms with Gasteiger partial charge in [0.2, 0.25) is 17.7 Å². The molecule has 0 radical (unpaired) electrons. The first-order valence-corrected chi connectivity index (χ1v) is 13.5. The largest absolute Gasteiger partial charge is 0.392 e. The number of nitrogens with one attached hydrogen (secondary N) is 3. The van der Waals surface area contributed by atoms with Crippen LogP contribution >= 0.6 is 0 Å². The van der Waals surface area contributed by atoms with Gasteiger partial charge in [-0.3, -0.25) is 24.0 Å². The number of rotatable bonds is 14. The highest BCUT2D eigenvalue weighted by molar-refractivity contribution is 6.06. The molecule has 2 rings (SSSR count). The lowest BCUT2D eigenvalue weighted by molar-refractivity contribution is -0.131. The van der Waals surface area contributed by atoms with Gasteiger partial charge in [0, 0.05) is 30.0 Å². The monoisotopic (exact) mass is 545 g/mol.